The lowest BCUT2D eigenvalue weighted by atomic mass is 9.64. The van der Waals surface area contributed by atoms with E-state index >= 15 is 0 Å². The molecule has 27 heavy (non-hydrogen) atoms. The molecule has 0 spiro atoms. The highest BCUT2D eigenvalue weighted by Crippen LogP contribution is 2.45. The third kappa shape index (κ3) is 7.67. The molecule has 2 rings (SSSR count). The summed E-state index contributed by atoms with van der Waals surface area (Å²) in [6.07, 6.45) is 6.47. The van der Waals surface area contributed by atoms with Crippen LogP contribution in [0.2, 0.25) is 0 Å². The van der Waals surface area contributed by atoms with Crippen molar-refractivity contribution in [3.05, 3.63) is 0 Å². The van der Waals surface area contributed by atoms with Gasteiger partial charge in [0.1, 0.15) is 0 Å². The number of alkyl halides is 1. The predicted molar refractivity (Wildman–Crippen MR) is 121 cm³/mol. The fourth-order valence-electron chi connectivity index (χ4n) is 5.21. The summed E-state index contributed by atoms with van der Waals surface area (Å²) in [6.45, 7) is 15.1. The van der Waals surface area contributed by atoms with Gasteiger partial charge in [0.05, 0.1) is 0 Å². The van der Waals surface area contributed by atoms with E-state index in [0.717, 1.165) is 37.3 Å². The molecule has 1 heterocycles. The van der Waals surface area contributed by atoms with Gasteiger partial charge in [0.25, 0.3) is 0 Å². The van der Waals surface area contributed by atoms with Crippen LogP contribution in [-0.4, -0.2) is 54.9 Å². The van der Waals surface area contributed by atoms with Gasteiger partial charge < -0.3 is 15.5 Å². The van der Waals surface area contributed by atoms with E-state index in [0.29, 0.717) is 22.8 Å². The molecule has 2 fully saturated rings. The van der Waals surface area contributed by atoms with Gasteiger partial charge in [0.15, 0.2) is 0 Å². The first-order valence-electron chi connectivity index (χ1n) is 11.0. The maximum Gasteiger partial charge on any atom is 0.0457 e. The van der Waals surface area contributed by atoms with Crippen molar-refractivity contribution < 1.29 is 0 Å². The summed E-state index contributed by atoms with van der Waals surface area (Å²) in [7, 11) is 0. The highest BCUT2D eigenvalue weighted by molar-refractivity contribution is 7.97. The van der Waals surface area contributed by atoms with Crippen LogP contribution in [0, 0.1) is 23.2 Å². The summed E-state index contributed by atoms with van der Waals surface area (Å²) in [5, 5.41) is 13.1. The second-order valence-electron chi connectivity index (χ2n) is 9.73. The van der Waals surface area contributed by atoms with E-state index in [-0.39, 0.29) is 0 Å². The zero-order chi connectivity index (χ0) is 19.9. The van der Waals surface area contributed by atoms with E-state index in [2.05, 4.69) is 43.2 Å². The molecule has 4 nitrogen and oxygen atoms in total. The second-order valence-corrected chi connectivity index (χ2v) is 11.1. The second kappa shape index (κ2) is 11.6. The van der Waals surface area contributed by atoms with Crippen molar-refractivity contribution >= 4 is 23.5 Å². The minimum atomic E-state index is 0.403. The predicted octanol–water partition coefficient (Wildman–Crippen LogP) is 3.90. The molecule has 0 aromatic heterocycles. The average Bonchev–Trinajstić information content (AvgIpc) is 2.61. The Hall–Kier alpha value is 0.480. The van der Waals surface area contributed by atoms with Gasteiger partial charge in [-0.15, -0.1) is 11.6 Å². The Morgan fingerprint density at radius 3 is 2.48 bits per heavy atom. The number of nitrogens with two attached hydrogens (primary N) is 1. The summed E-state index contributed by atoms with van der Waals surface area (Å²) < 4.78 is 0. The number of nitrogens with one attached hydrogen (secondary N) is 2. The lowest BCUT2D eigenvalue weighted by Crippen LogP contribution is -2.54. The van der Waals surface area contributed by atoms with E-state index in [1.807, 2.05) is 0 Å². The van der Waals surface area contributed by atoms with Gasteiger partial charge in [0, 0.05) is 43.5 Å². The Morgan fingerprint density at radius 2 is 1.89 bits per heavy atom. The Labute approximate surface area is 177 Å². The van der Waals surface area contributed by atoms with Crippen molar-refractivity contribution in [2.75, 3.05) is 38.6 Å². The lowest BCUT2D eigenvalue weighted by molar-refractivity contribution is 0.00478. The maximum absolute atomic E-state index is 6.34. The normalized spacial score (nSPS) is 30.6. The summed E-state index contributed by atoms with van der Waals surface area (Å²) in [5.74, 6) is 3.34. The zero-order valence-corrected chi connectivity index (χ0v) is 19.5. The summed E-state index contributed by atoms with van der Waals surface area (Å²) >= 11 is 7.75. The van der Waals surface area contributed by atoms with Crippen LogP contribution in [0.1, 0.15) is 59.8 Å². The van der Waals surface area contributed by atoms with Crippen LogP contribution in [0.25, 0.3) is 0 Å². The fourth-order valence-corrected chi connectivity index (χ4v) is 5.72. The van der Waals surface area contributed by atoms with Crippen LogP contribution in [0.3, 0.4) is 0 Å². The third-order valence-corrected chi connectivity index (χ3v) is 7.68. The highest BCUT2D eigenvalue weighted by Gasteiger charge is 2.41. The number of piperidine rings is 1. The van der Waals surface area contributed by atoms with Crippen LogP contribution in [0.4, 0.5) is 0 Å². The summed E-state index contributed by atoms with van der Waals surface area (Å²) in [6, 6.07) is 0.530. The van der Waals surface area contributed by atoms with Crippen LogP contribution < -0.4 is 15.8 Å². The quantitative estimate of drug-likeness (QED) is 0.217. The Kier molecular flexibility index (Phi) is 10.2. The molecule has 1 saturated carbocycles. The first-order chi connectivity index (χ1) is 12.8. The largest absolute Gasteiger partial charge is 0.304 e. The van der Waals surface area contributed by atoms with Crippen molar-refractivity contribution in [1.82, 2.24) is 15.5 Å². The lowest BCUT2D eigenvalue weighted by Gasteiger charge is -2.49. The van der Waals surface area contributed by atoms with E-state index in [4.69, 9.17) is 16.7 Å². The molecule has 1 aliphatic carbocycles. The number of rotatable bonds is 10. The average molecular weight is 419 g/mol. The molecule has 0 bridgehead atoms. The van der Waals surface area contributed by atoms with E-state index in [1.54, 1.807) is 0 Å². The van der Waals surface area contributed by atoms with E-state index < -0.39 is 0 Å². The van der Waals surface area contributed by atoms with E-state index in [9.17, 15) is 0 Å². The van der Waals surface area contributed by atoms with Gasteiger partial charge in [0.2, 0.25) is 0 Å². The van der Waals surface area contributed by atoms with Crippen molar-refractivity contribution in [3.63, 3.8) is 0 Å². The van der Waals surface area contributed by atoms with Crippen LogP contribution in [-0.2, 0) is 0 Å². The molecule has 1 saturated heterocycles. The molecule has 0 aromatic rings. The first-order valence-corrected chi connectivity index (χ1v) is 12.4. The molecule has 2 atom stereocenters. The van der Waals surface area contributed by atoms with Crippen LogP contribution in [0.5, 0.6) is 0 Å². The molecule has 0 radical (unpaired) electrons. The molecule has 6 heteroatoms. The molecular weight excluding hydrogens is 376 g/mol. The minimum absolute atomic E-state index is 0.403. The monoisotopic (exact) mass is 418 g/mol. The molecule has 1 unspecified atom stereocenters. The minimum Gasteiger partial charge on any atom is -0.304 e. The van der Waals surface area contributed by atoms with Crippen molar-refractivity contribution in [2.45, 2.75) is 71.2 Å². The summed E-state index contributed by atoms with van der Waals surface area (Å²) in [4.78, 5) is 2.71. The zero-order valence-electron chi connectivity index (χ0n) is 18.0. The number of hydrogen-bond donors (Lipinski definition) is 3. The SMILES string of the molecule is CC(C)[C@H](CN1CCC(C2CCC(Cl)CC2)C(C)(C)C1)NCNCCSN. The number of nitrogens with zero attached hydrogens (tertiary/aromatic N) is 1. The van der Waals surface area contributed by atoms with Crippen molar-refractivity contribution in [2.24, 2.45) is 28.3 Å². The van der Waals surface area contributed by atoms with Gasteiger partial charge in [-0.05, 0) is 61.8 Å². The van der Waals surface area contributed by atoms with Crippen molar-refractivity contribution in [1.29, 1.82) is 0 Å². The number of hydrogen-bond acceptors (Lipinski definition) is 5. The molecule has 1 aliphatic heterocycles. The Morgan fingerprint density at radius 1 is 1.19 bits per heavy atom. The Balaban J connectivity index is 1.81. The van der Waals surface area contributed by atoms with Crippen molar-refractivity contribution in [3.8, 4) is 0 Å². The van der Waals surface area contributed by atoms with E-state index in [1.165, 1.54) is 57.1 Å². The molecule has 0 amide bonds. The first kappa shape index (κ1) is 23.8. The Bertz CT molecular complexity index is 413. The van der Waals surface area contributed by atoms with Gasteiger partial charge >= 0.3 is 0 Å². The standard InChI is InChI=1S/C21H43ClN4S/c1-16(2)20(25-15-24-10-12-27-23)13-26-11-9-19(21(3,4)14-26)17-5-7-18(22)8-6-17/h16-20,24-25H,5-15,23H2,1-4H3/t17?,18?,19?,20-/m0/s1. The summed E-state index contributed by atoms with van der Waals surface area (Å²) in [5.41, 5.74) is 0.403. The van der Waals surface area contributed by atoms with Gasteiger partial charge in [-0.2, -0.15) is 0 Å². The molecular formula is C21H43ClN4S. The third-order valence-electron chi connectivity index (χ3n) is 6.81. The molecule has 0 aromatic carbocycles. The number of likely N-dealkylation sites (tertiary alicyclic amines) is 1. The van der Waals surface area contributed by atoms with Crippen LogP contribution in [0.15, 0.2) is 0 Å². The molecule has 2 aliphatic rings. The van der Waals surface area contributed by atoms with Gasteiger partial charge in [-0.3, -0.25) is 5.14 Å². The fraction of sp³-hybridized carbons (Fsp3) is 1.00. The number of halogens is 1. The smallest absolute Gasteiger partial charge is 0.0457 e. The molecule has 4 N–H and O–H groups in total. The van der Waals surface area contributed by atoms with Gasteiger partial charge in [-0.1, -0.05) is 39.6 Å². The molecule has 160 valence electrons. The topological polar surface area (TPSA) is 53.3 Å². The van der Waals surface area contributed by atoms with Crippen LogP contribution >= 0.6 is 23.5 Å². The maximum atomic E-state index is 6.34. The highest BCUT2D eigenvalue weighted by atomic mass is 35.5. The van der Waals surface area contributed by atoms with Gasteiger partial charge in [-0.25, -0.2) is 0 Å².